The molecule has 8 heteroatoms. The number of nitrogens with zero attached hydrogens (tertiary/aromatic N) is 1. The van der Waals surface area contributed by atoms with Crippen LogP contribution in [0.15, 0.2) is 0 Å². The smallest absolute Gasteiger partial charge is 0.379 e. The first kappa shape index (κ1) is 14.5. The van der Waals surface area contributed by atoms with E-state index < -0.39 is 18.1 Å². The summed E-state index contributed by atoms with van der Waals surface area (Å²) in [7, 11) is 0. The van der Waals surface area contributed by atoms with Crippen molar-refractivity contribution in [1.29, 1.82) is 0 Å². The minimum Gasteiger partial charge on any atom is -0.379 e. The van der Waals surface area contributed by atoms with Crippen molar-refractivity contribution < 1.29 is 22.7 Å². The maximum Gasteiger partial charge on any atom is 0.393 e. The van der Waals surface area contributed by atoms with E-state index in [2.05, 4.69) is 10.7 Å². The van der Waals surface area contributed by atoms with Gasteiger partial charge in [0.2, 0.25) is 0 Å². The summed E-state index contributed by atoms with van der Waals surface area (Å²) in [5, 5.41) is 4.41. The van der Waals surface area contributed by atoms with Gasteiger partial charge in [0.05, 0.1) is 25.2 Å². The molecule has 19 heavy (non-hydrogen) atoms. The summed E-state index contributed by atoms with van der Waals surface area (Å²) in [5.74, 6) is -1.61. The molecule has 0 aromatic heterocycles. The molecule has 2 rings (SSSR count). The van der Waals surface area contributed by atoms with Gasteiger partial charge in [0.15, 0.2) is 0 Å². The Labute approximate surface area is 109 Å². The molecule has 2 aliphatic heterocycles. The fraction of sp³-hybridized carbons (Fsp3) is 0.909. The van der Waals surface area contributed by atoms with E-state index in [1.54, 1.807) is 5.01 Å². The molecule has 2 N–H and O–H groups in total. The highest BCUT2D eigenvalue weighted by atomic mass is 19.4. The maximum atomic E-state index is 12.5. The molecule has 0 saturated carbocycles. The minimum atomic E-state index is -4.18. The molecular formula is C11H18F3N3O2. The molecular weight excluding hydrogens is 263 g/mol. The maximum absolute atomic E-state index is 12.5. The molecule has 0 radical (unpaired) electrons. The third-order valence-electron chi connectivity index (χ3n) is 3.47. The number of morpholine rings is 1. The van der Waals surface area contributed by atoms with E-state index in [-0.39, 0.29) is 25.3 Å². The van der Waals surface area contributed by atoms with Gasteiger partial charge in [-0.25, -0.2) is 5.01 Å². The van der Waals surface area contributed by atoms with Crippen LogP contribution in [-0.4, -0.2) is 56.0 Å². The summed E-state index contributed by atoms with van der Waals surface area (Å²) in [6, 6.07) is -0.540. The van der Waals surface area contributed by atoms with Gasteiger partial charge in [-0.1, -0.05) is 0 Å². The van der Waals surface area contributed by atoms with Gasteiger partial charge in [0.25, 0.3) is 5.91 Å². The lowest BCUT2D eigenvalue weighted by Gasteiger charge is -2.33. The van der Waals surface area contributed by atoms with Crippen molar-refractivity contribution in [3.8, 4) is 0 Å². The first-order valence-corrected chi connectivity index (χ1v) is 6.40. The number of ether oxygens (including phenoxy) is 1. The Hall–Kier alpha value is -0.860. The second-order valence-corrected chi connectivity index (χ2v) is 4.85. The van der Waals surface area contributed by atoms with Crippen LogP contribution in [-0.2, 0) is 9.53 Å². The minimum absolute atomic E-state index is 0.00228. The Bertz CT molecular complexity index is 311. The summed E-state index contributed by atoms with van der Waals surface area (Å²) < 4.78 is 42.6. The summed E-state index contributed by atoms with van der Waals surface area (Å²) >= 11 is 0. The van der Waals surface area contributed by atoms with Crippen LogP contribution in [0, 0.1) is 5.92 Å². The van der Waals surface area contributed by atoms with E-state index in [0.717, 1.165) is 0 Å². The molecule has 0 bridgehead atoms. The average molecular weight is 281 g/mol. The number of rotatable bonds is 2. The number of hydrogen-bond acceptors (Lipinski definition) is 4. The van der Waals surface area contributed by atoms with Gasteiger partial charge >= 0.3 is 6.18 Å². The highest BCUT2D eigenvalue weighted by molar-refractivity contribution is 5.81. The van der Waals surface area contributed by atoms with E-state index in [9.17, 15) is 18.0 Å². The highest BCUT2D eigenvalue weighted by Crippen LogP contribution is 2.31. The summed E-state index contributed by atoms with van der Waals surface area (Å²) in [5.41, 5.74) is 2.71. The molecule has 0 aromatic rings. The van der Waals surface area contributed by atoms with Gasteiger partial charge in [0, 0.05) is 19.6 Å². The Morgan fingerprint density at radius 1 is 1.26 bits per heavy atom. The Balaban J connectivity index is 1.76. The SMILES string of the molecule is O=C(NN1CCOCC1)C1CCC(C(F)(F)F)CN1. The van der Waals surface area contributed by atoms with E-state index in [1.165, 1.54) is 0 Å². The number of hydrogen-bond donors (Lipinski definition) is 2. The van der Waals surface area contributed by atoms with Gasteiger partial charge in [-0.15, -0.1) is 0 Å². The van der Waals surface area contributed by atoms with E-state index in [4.69, 9.17) is 4.74 Å². The van der Waals surface area contributed by atoms with E-state index in [1.807, 2.05) is 0 Å². The van der Waals surface area contributed by atoms with Crippen LogP contribution in [0.2, 0.25) is 0 Å². The van der Waals surface area contributed by atoms with Crippen molar-refractivity contribution in [2.45, 2.75) is 25.1 Å². The molecule has 2 aliphatic rings. The quantitative estimate of drug-likeness (QED) is 0.763. The molecule has 2 unspecified atom stereocenters. The zero-order valence-corrected chi connectivity index (χ0v) is 10.5. The number of amides is 1. The largest absolute Gasteiger partial charge is 0.393 e. The third kappa shape index (κ3) is 4.05. The number of alkyl halides is 3. The molecule has 2 heterocycles. The molecule has 2 atom stereocenters. The van der Waals surface area contributed by atoms with Crippen molar-refractivity contribution in [3.05, 3.63) is 0 Å². The van der Waals surface area contributed by atoms with Crippen LogP contribution in [0.4, 0.5) is 13.2 Å². The van der Waals surface area contributed by atoms with Crippen LogP contribution in [0.25, 0.3) is 0 Å². The van der Waals surface area contributed by atoms with E-state index in [0.29, 0.717) is 26.3 Å². The lowest BCUT2D eigenvalue weighted by molar-refractivity contribution is -0.180. The molecule has 110 valence electrons. The fourth-order valence-corrected chi connectivity index (χ4v) is 2.27. The van der Waals surface area contributed by atoms with Gasteiger partial charge in [-0.3, -0.25) is 10.2 Å². The first-order valence-electron chi connectivity index (χ1n) is 6.40. The molecule has 0 spiro atoms. The van der Waals surface area contributed by atoms with Crippen LogP contribution in [0.5, 0.6) is 0 Å². The van der Waals surface area contributed by atoms with Gasteiger partial charge in [-0.2, -0.15) is 13.2 Å². The third-order valence-corrected chi connectivity index (χ3v) is 3.47. The number of nitrogens with one attached hydrogen (secondary N) is 2. The fourth-order valence-electron chi connectivity index (χ4n) is 2.27. The topological polar surface area (TPSA) is 53.6 Å². The first-order chi connectivity index (χ1) is 8.97. The normalized spacial score (nSPS) is 30.1. The van der Waals surface area contributed by atoms with Crippen LogP contribution < -0.4 is 10.7 Å². The van der Waals surface area contributed by atoms with Crippen LogP contribution in [0.1, 0.15) is 12.8 Å². The average Bonchev–Trinajstić information content (AvgIpc) is 2.39. The van der Waals surface area contributed by atoms with Crippen molar-refractivity contribution in [3.63, 3.8) is 0 Å². The molecule has 2 saturated heterocycles. The van der Waals surface area contributed by atoms with Gasteiger partial charge in [0.1, 0.15) is 0 Å². The van der Waals surface area contributed by atoms with Crippen molar-refractivity contribution in [2.24, 2.45) is 5.92 Å². The second kappa shape index (κ2) is 6.06. The lowest BCUT2D eigenvalue weighted by Crippen LogP contribution is -2.56. The zero-order valence-electron chi connectivity index (χ0n) is 10.5. The standard InChI is InChI=1S/C11H18F3N3O2/c12-11(13,14)8-1-2-9(15-7-8)10(18)16-17-3-5-19-6-4-17/h8-9,15H,1-7H2,(H,16,18). The Kier molecular flexibility index (Phi) is 4.64. The van der Waals surface area contributed by atoms with Crippen molar-refractivity contribution in [2.75, 3.05) is 32.8 Å². The Morgan fingerprint density at radius 2 is 1.95 bits per heavy atom. The summed E-state index contributed by atoms with van der Waals surface area (Å²) in [6.07, 6.45) is -3.98. The summed E-state index contributed by atoms with van der Waals surface area (Å²) in [4.78, 5) is 11.9. The molecule has 1 amide bonds. The van der Waals surface area contributed by atoms with Crippen LogP contribution in [0.3, 0.4) is 0 Å². The van der Waals surface area contributed by atoms with Gasteiger partial charge in [-0.05, 0) is 12.8 Å². The number of hydrazine groups is 1. The van der Waals surface area contributed by atoms with Crippen molar-refractivity contribution in [1.82, 2.24) is 15.8 Å². The predicted molar refractivity (Wildman–Crippen MR) is 61.1 cm³/mol. The molecule has 2 fully saturated rings. The van der Waals surface area contributed by atoms with Crippen LogP contribution >= 0.6 is 0 Å². The molecule has 5 nitrogen and oxygen atoms in total. The predicted octanol–water partition coefficient (Wildman–Crippen LogP) is 0.280. The van der Waals surface area contributed by atoms with Crippen molar-refractivity contribution >= 4 is 5.91 Å². The molecule has 0 aliphatic carbocycles. The lowest BCUT2D eigenvalue weighted by atomic mass is 9.94. The second-order valence-electron chi connectivity index (χ2n) is 4.85. The monoisotopic (exact) mass is 281 g/mol. The number of carbonyl (C=O) groups is 1. The summed E-state index contributed by atoms with van der Waals surface area (Å²) in [6.45, 7) is 2.11. The Morgan fingerprint density at radius 3 is 2.47 bits per heavy atom. The highest BCUT2D eigenvalue weighted by Gasteiger charge is 2.42. The number of halogens is 3. The number of piperidine rings is 1. The zero-order chi connectivity index (χ0) is 13.9. The van der Waals surface area contributed by atoms with Gasteiger partial charge < -0.3 is 10.1 Å². The number of carbonyl (C=O) groups excluding carboxylic acids is 1. The van der Waals surface area contributed by atoms with E-state index >= 15 is 0 Å². The molecule has 0 aromatic carbocycles.